The summed E-state index contributed by atoms with van der Waals surface area (Å²) in [7, 11) is 0. The summed E-state index contributed by atoms with van der Waals surface area (Å²) in [6, 6.07) is 13.3. The van der Waals surface area contributed by atoms with Gasteiger partial charge in [-0.05, 0) is 55.3 Å². The normalized spacial score (nSPS) is 15.1. The van der Waals surface area contributed by atoms with Crippen molar-refractivity contribution in [1.29, 1.82) is 0 Å². The van der Waals surface area contributed by atoms with Crippen LogP contribution in [0, 0.1) is 0 Å². The summed E-state index contributed by atoms with van der Waals surface area (Å²) in [5.41, 5.74) is 2.42. The molecule has 1 aromatic heterocycles. The van der Waals surface area contributed by atoms with Crippen LogP contribution < -0.4 is 15.5 Å². The Hall–Kier alpha value is -1.32. The van der Waals surface area contributed by atoms with E-state index < -0.39 is 0 Å². The first-order chi connectivity index (χ1) is 13.8. The number of thiophene rings is 1. The van der Waals surface area contributed by atoms with Gasteiger partial charge in [0.1, 0.15) is 0 Å². The Morgan fingerprint density at radius 3 is 2.48 bits per heavy atom. The lowest BCUT2D eigenvalue weighted by Gasteiger charge is -2.33. The predicted molar refractivity (Wildman–Crippen MR) is 135 cm³/mol. The Balaban J connectivity index is 0.00000300. The summed E-state index contributed by atoms with van der Waals surface area (Å²) >= 11 is 1.83. The van der Waals surface area contributed by atoms with E-state index in [0.717, 1.165) is 45.0 Å². The highest BCUT2D eigenvalue weighted by molar-refractivity contribution is 14.0. The minimum Gasteiger partial charge on any atom is -0.377 e. The molecule has 29 heavy (non-hydrogen) atoms. The Bertz CT molecular complexity index is 713. The molecule has 0 atom stereocenters. The van der Waals surface area contributed by atoms with E-state index in [9.17, 15) is 0 Å². The van der Waals surface area contributed by atoms with Crippen molar-refractivity contribution in [2.75, 3.05) is 31.1 Å². The van der Waals surface area contributed by atoms with Gasteiger partial charge >= 0.3 is 0 Å². The molecule has 0 saturated carbocycles. The summed E-state index contributed by atoms with van der Waals surface area (Å²) in [6.07, 6.45) is 2.27. The minimum atomic E-state index is 0. The molecular weight excluding hydrogens is 495 g/mol. The average molecular weight is 529 g/mol. The molecule has 0 unspecified atom stereocenters. The van der Waals surface area contributed by atoms with E-state index in [4.69, 9.17) is 9.73 Å². The average Bonchev–Trinajstić information content (AvgIpc) is 3.27. The van der Waals surface area contributed by atoms with Gasteiger partial charge in [0.05, 0.1) is 18.2 Å². The van der Waals surface area contributed by atoms with Crippen molar-refractivity contribution in [1.82, 2.24) is 10.6 Å². The Morgan fingerprint density at radius 2 is 1.86 bits per heavy atom. The predicted octanol–water partition coefficient (Wildman–Crippen LogP) is 4.63. The van der Waals surface area contributed by atoms with E-state index in [1.807, 2.05) is 18.3 Å². The Morgan fingerprint density at radius 1 is 1.14 bits per heavy atom. The first kappa shape index (κ1) is 24.0. The fourth-order valence-electron chi connectivity index (χ4n) is 3.34. The second-order valence-corrected chi connectivity index (χ2v) is 7.93. The number of nitrogens with zero attached hydrogens (tertiary/aromatic N) is 2. The van der Waals surface area contributed by atoms with Crippen LogP contribution in [-0.2, 0) is 17.9 Å². The van der Waals surface area contributed by atoms with E-state index in [-0.39, 0.29) is 24.0 Å². The maximum absolute atomic E-state index is 5.45. The van der Waals surface area contributed by atoms with Crippen molar-refractivity contribution in [3.8, 4) is 0 Å². The third-order valence-electron chi connectivity index (χ3n) is 4.91. The van der Waals surface area contributed by atoms with Crippen molar-refractivity contribution in [3.63, 3.8) is 0 Å². The number of halogens is 1. The molecule has 1 aliphatic heterocycles. The maximum atomic E-state index is 5.45. The second-order valence-electron chi connectivity index (χ2n) is 7.01. The van der Waals surface area contributed by atoms with Crippen LogP contribution in [0.2, 0.25) is 0 Å². The fourth-order valence-corrected chi connectivity index (χ4v) is 4.12. The number of benzene rings is 1. The summed E-state index contributed by atoms with van der Waals surface area (Å²) in [5.74, 6) is 0.912. The topological polar surface area (TPSA) is 48.9 Å². The van der Waals surface area contributed by atoms with Gasteiger partial charge in [0.2, 0.25) is 0 Å². The van der Waals surface area contributed by atoms with Gasteiger partial charge in [0, 0.05) is 32.3 Å². The quantitative estimate of drug-likeness (QED) is 0.298. The van der Waals surface area contributed by atoms with Crippen LogP contribution in [-0.4, -0.2) is 38.2 Å². The molecule has 2 aromatic rings. The molecule has 2 heterocycles. The largest absolute Gasteiger partial charge is 0.377 e. The van der Waals surface area contributed by atoms with Gasteiger partial charge in [-0.2, -0.15) is 0 Å². The van der Waals surface area contributed by atoms with Crippen molar-refractivity contribution < 1.29 is 4.74 Å². The Kier molecular flexibility index (Phi) is 10.8. The monoisotopic (exact) mass is 528 g/mol. The highest BCUT2D eigenvalue weighted by Gasteiger charge is 2.20. The molecule has 1 aliphatic rings. The van der Waals surface area contributed by atoms with Crippen LogP contribution >= 0.6 is 35.3 Å². The number of hydrogen-bond acceptors (Lipinski definition) is 4. The molecule has 0 aliphatic carbocycles. The van der Waals surface area contributed by atoms with E-state index in [1.165, 1.54) is 16.1 Å². The Labute approximate surface area is 196 Å². The van der Waals surface area contributed by atoms with Crippen LogP contribution in [0.15, 0.2) is 46.8 Å². The second kappa shape index (κ2) is 13.1. The molecule has 0 bridgehead atoms. The zero-order valence-corrected chi connectivity index (χ0v) is 20.5. The molecule has 2 N–H and O–H groups in total. The first-order valence-corrected chi connectivity index (χ1v) is 11.1. The standard InChI is InChI=1S/C22H32N4OS.HI/c1-3-23-22(24-16-18-7-9-19(10-8-18)17-27-4-2)25-20-11-13-26(14-12-20)21-6-5-15-28-21;/h5-10,15,20H,3-4,11-14,16-17H2,1-2H3,(H2,23,24,25);1H. The van der Waals surface area contributed by atoms with Gasteiger partial charge in [0.25, 0.3) is 0 Å². The lowest BCUT2D eigenvalue weighted by Crippen LogP contribution is -2.48. The summed E-state index contributed by atoms with van der Waals surface area (Å²) in [4.78, 5) is 7.27. The van der Waals surface area contributed by atoms with Gasteiger partial charge in [-0.1, -0.05) is 24.3 Å². The number of ether oxygens (including phenoxy) is 1. The van der Waals surface area contributed by atoms with E-state index in [0.29, 0.717) is 19.2 Å². The van der Waals surface area contributed by atoms with Gasteiger partial charge in [-0.3, -0.25) is 0 Å². The van der Waals surface area contributed by atoms with Crippen LogP contribution in [0.5, 0.6) is 0 Å². The number of guanidine groups is 1. The van der Waals surface area contributed by atoms with Gasteiger partial charge in [0.15, 0.2) is 5.96 Å². The molecule has 1 aromatic carbocycles. The smallest absolute Gasteiger partial charge is 0.191 e. The van der Waals surface area contributed by atoms with Crippen molar-refractivity contribution >= 4 is 46.3 Å². The number of piperidine rings is 1. The number of anilines is 1. The summed E-state index contributed by atoms with van der Waals surface area (Å²) in [6.45, 7) is 9.29. The molecule has 1 fully saturated rings. The molecule has 0 spiro atoms. The first-order valence-electron chi connectivity index (χ1n) is 10.3. The lowest BCUT2D eigenvalue weighted by molar-refractivity contribution is 0.134. The summed E-state index contributed by atoms with van der Waals surface area (Å²) < 4.78 is 5.45. The number of hydrogen-bond donors (Lipinski definition) is 2. The zero-order valence-electron chi connectivity index (χ0n) is 17.4. The van der Waals surface area contributed by atoms with Crippen molar-refractivity contribution in [2.45, 2.75) is 45.9 Å². The molecule has 0 amide bonds. The van der Waals surface area contributed by atoms with Gasteiger partial charge < -0.3 is 20.3 Å². The van der Waals surface area contributed by atoms with Crippen LogP contribution in [0.4, 0.5) is 5.00 Å². The summed E-state index contributed by atoms with van der Waals surface area (Å²) in [5, 5.41) is 10.5. The third-order valence-corrected chi connectivity index (χ3v) is 5.84. The molecule has 3 rings (SSSR count). The molecule has 1 saturated heterocycles. The molecule has 5 nitrogen and oxygen atoms in total. The van der Waals surface area contributed by atoms with E-state index >= 15 is 0 Å². The maximum Gasteiger partial charge on any atom is 0.191 e. The number of aliphatic imine (C=N–C) groups is 1. The number of rotatable bonds is 8. The van der Waals surface area contributed by atoms with Gasteiger partial charge in [-0.25, -0.2) is 4.99 Å². The van der Waals surface area contributed by atoms with Crippen LogP contribution in [0.3, 0.4) is 0 Å². The molecular formula is C22H33IN4OS. The zero-order chi connectivity index (χ0) is 19.6. The molecule has 7 heteroatoms. The molecule has 0 radical (unpaired) electrons. The van der Waals surface area contributed by atoms with Crippen molar-refractivity contribution in [3.05, 3.63) is 52.9 Å². The molecule has 160 valence electrons. The number of nitrogens with one attached hydrogen (secondary N) is 2. The van der Waals surface area contributed by atoms with E-state index in [2.05, 4.69) is 64.2 Å². The SMILES string of the molecule is CCNC(=NCc1ccc(COCC)cc1)NC1CCN(c2cccs2)CC1.I. The van der Waals surface area contributed by atoms with Crippen LogP contribution in [0.25, 0.3) is 0 Å². The van der Waals surface area contributed by atoms with E-state index in [1.54, 1.807) is 0 Å². The lowest BCUT2D eigenvalue weighted by atomic mass is 10.1. The van der Waals surface area contributed by atoms with Gasteiger partial charge in [-0.15, -0.1) is 35.3 Å². The van der Waals surface area contributed by atoms with Crippen LogP contribution in [0.1, 0.15) is 37.8 Å². The highest BCUT2D eigenvalue weighted by Crippen LogP contribution is 2.24. The third kappa shape index (κ3) is 7.79. The fraction of sp³-hybridized carbons (Fsp3) is 0.500. The minimum absolute atomic E-state index is 0. The highest BCUT2D eigenvalue weighted by atomic mass is 127. The van der Waals surface area contributed by atoms with Crippen molar-refractivity contribution in [2.24, 2.45) is 4.99 Å².